The Labute approximate surface area is 130 Å². The minimum atomic E-state index is -3.57. The zero-order valence-corrected chi connectivity index (χ0v) is 13.2. The molecule has 2 N–H and O–H groups in total. The summed E-state index contributed by atoms with van der Waals surface area (Å²) in [5.74, 6) is 0.156. The van der Waals surface area contributed by atoms with Gasteiger partial charge >= 0.3 is 0 Å². The molecule has 0 spiro atoms. The second kappa shape index (κ2) is 7.08. The van der Waals surface area contributed by atoms with Gasteiger partial charge < -0.3 is 14.4 Å². The first-order chi connectivity index (χ1) is 10.4. The number of hydrogen-bond acceptors (Lipinski definition) is 5. The third-order valence-electron chi connectivity index (χ3n) is 3.38. The number of ether oxygens (including phenoxy) is 2. The first-order valence-electron chi connectivity index (χ1n) is 6.91. The predicted octanol–water partition coefficient (Wildman–Crippen LogP) is 0.353. The average molecular weight is 328 g/mol. The third-order valence-corrected chi connectivity index (χ3v) is 4.31. The van der Waals surface area contributed by atoms with Crippen LogP contribution in [0.25, 0.3) is 0 Å². The molecule has 0 radical (unpaired) electrons. The van der Waals surface area contributed by atoms with Crippen molar-refractivity contribution in [3.05, 3.63) is 24.3 Å². The number of nitrogens with two attached hydrogens (primary N) is 1. The topological polar surface area (TPSA) is 98.9 Å². The molecule has 1 heterocycles. The molecule has 1 amide bonds. The van der Waals surface area contributed by atoms with Gasteiger partial charge in [0.05, 0.1) is 12.4 Å². The molecule has 1 fully saturated rings. The Balaban J connectivity index is 1.98. The molecule has 1 saturated heterocycles. The van der Waals surface area contributed by atoms with Crippen LogP contribution < -0.4 is 14.8 Å². The second-order valence-electron chi connectivity index (χ2n) is 5.24. The normalized spacial score (nSPS) is 18.7. The van der Waals surface area contributed by atoms with E-state index in [1.165, 1.54) is 0 Å². The maximum atomic E-state index is 12.0. The van der Waals surface area contributed by atoms with Gasteiger partial charge in [0.25, 0.3) is 0 Å². The summed E-state index contributed by atoms with van der Waals surface area (Å²) < 4.78 is 32.6. The lowest BCUT2D eigenvalue weighted by atomic mass is 10.1. The largest absolute Gasteiger partial charge is 0.491 e. The van der Waals surface area contributed by atoms with Gasteiger partial charge in [0, 0.05) is 31.7 Å². The number of nitrogens with zero attached hydrogens (tertiary/aromatic N) is 1. The lowest BCUT2D eigenvalue weighted by molar-refractivity contribution is -0.117. The van der Waals surface area contributed by atoms with Gasteiger partial charge in [0.2, 0.25) is 15.9 Å². The molecule has 0 saturated carbocycles. The molecule has 0 aliphatic carbocycles. The average Bonchev–Trinajstić information content (AvgIpc) is 2.78. The van der Waals surface area contributed by atoms with Crippen molar-refractivity contribution < 1.29 is 22.7 Å². The molecule has 1 aliphatic rings. The molecule has 1 unspecified atom stereocenters. The maximum Gasteiger partial charge on any atom is 0.227 e. The standard InChI is InChI=1S/C14H20N2O5S/c1-20-6-7-21-13-4-2-12(3-5-13)16-9-11(8-14(16)17)10-22(15,18)19/h2-5,11H,6-10H2,1H3,(H2,15,18,19). The number of hydrogen-bond donors (Lipinski definition) is 1. The summed E-state index contributed by atoms with van der Waals surface area (Å²) >= 11 is 0. The van der Waals surface area contributed by atoms with Gasteiger partial charge in [-0.05, 0) is 24.3 Å². The van der Waals surface area contributed by atoms with E-state index in [9.17, 15) is 13.2 Å². The van der Waals surface area contributed by atoms with E-state index < -0.39 is 10.0 Å². The molecule has 2 rings (SSSR count). The van der Waals surface area contributed by atoms with E-state index in [-0.39, 0.29) is 24.0 Å². The van der Waals surface area contributed by atoms with Gasteiger partial charge in [0.1, 0.15) is 12.4 Å². The van der Waals surface area contributed by atoms with Crippen LogP contribution in [0.4, 0.5) is 5.69 Å². The van der Waals surface area contributed by atoms with Gasteiger partial charge in [-0.2, -0.15) is 0 Å². The molecule has 7 nitrogen and oxygen atoms in total. The summed E-state index contributed by atoms with van der Waals surface area (Å²) in [6, 6.07) is 7.09. The van der Waals surface area contributed by atoms with Crippen LogP contribution in [0, 0.1) is 5.92 Å². The van der Waals surface area contributed by atoms with Crippen LogP contribution in [0.15, 0.2) is 24.3 Å². The summed E-state index contributed by atoms with van der Waals surface area (Å²) in [6.45, 7) is 1.32. The molecule has 8 heteroatoms. The van der Waals surface area contributed by atoms with Crippen molar-refractivity contribution in [3.63, 3.8) is 0 Å². The summed E-state index contributed by atoms with van der Waals surface area (Å²) in [7, 11) is -1.97. The first kappa shape index (κ1) is 16.7. The Hall–Kier alpha value is -1.64. The minimum Gasteiger partial charge on any atom is -0.491 e. The van der Waals surface area contributed by atoms with Crippen molar-refractivity contribution in [2.75, 3.05) is 37.5 Å². The molecule has 1 aliphatic heterocycles. The number of amides is 1. The lowest BCUT2D eigenvalue weighted by Crippen LogP contribution is -2.27. The Morgan fingerprint density at radius 3 is 2.55 bits per heavy atom. The molecular formula is C14H20N2O5S. The fourth-order valence-electron chi connectivity index (χ4n) is 2.44. The zero-order valence-electron chi connectivity index (χ0n) is 12.4. The number of benzene rings is 1. The number of carbonyl (C=O) groups excluding carboxylic acids is 1. The molecule has 1 aromatic carbocycles. The predicted molar refractivity (Wildman–Crippen MR) is 82.2 cm³/mol. The Kier molecular flexibility index (Phi) is 5.38. The molecule has 122 valence electrons. The summed E-state index contributed by atoms with van der Waals surface area (Å²) in [5.41, 5.74) is 0.723. The van der Waals surface area contributed by atoms with Gasteiger partial charge in [-0.1, -0.05) is 0 Å². The molecule has 22 heavy (non-hydrogen) atoms. The van der Waals surface area contributed by atoms with Crippen LogP contribution in [0.5, 0.6) is 5.75 Å². The van der Waals surface area contributed by atoms with Crippen LogP contribution in [-0.2, 0) is 19.6 Å². The van der Waals surface area contributed by atoms with Crippen molar-refractivity contribution in [2.45, 2.75) is 6.42 Å². The van der Waals surface area contributed by atoms with E-state index in [0.29, 0.717) is 25.5 Å². The Bertz CT molecular complexity index is 615. The summed E-state index contributed by atoms with van der Waals surface area (Å²) in [4.78, 5) is 13.6. The fraction of sp³-hybridized carbons (Fsp3) is 0.500. The number of rotatable bonds is 7. The van der Waals surface area contributed by atoms with Crippen molar-refractivity contribution in [1.29, 1.82) is 0 Å². The fourth-order valence-corrected chi connectivity index (χ4v) is 3.32. The van der Waals surface area contributed by atoms with Gasteiger partial charge in [-0.15, -0.1) is 0 Å². The third kappa shape index (κ3) is 4.69. The van der Waals surface area contributed by atoms with Crippen molar-refractivity contribution in [2.24, 2.45) is 11.1 Å². The zero-order chi connectivity index (χ0) is 16.2. The lowest BCUT2D eigenvalue weighted by Gasteiger charge is -2.17. The van der Waals surface area contributed by atoms with Gasteiger partial charge in [-0.25, -0.2) is 13.6 Å². The highest BCUT2D eigenvalue weighted by Gasteiger charge is 2.32. The first-order valence-corrected chi connectivity index (χ1v) is 8.63. The second-order valence-corrected chi connectivity index (χ2v) is 6.90. The Morgan fingerprint density at radius 1 is 1.27 bits per heavy atom. The van der Waals surface area contributed by atoms with Crippen LogP contribution in [-0.4, -0.2) is 46.9 Å². The smallest absolute Gasteiger partial charge is 0.227 e. The number of primary sulfonamides is 1. The van der Waals surface area contributed by atoms with E-state index >= 15 is 0 Å². The quantitative estimate of drug-likeness (QED) is 0.728. The summed E-state index contributed by atoms with van der Waals surface area (Å²) in [5, 5.41) is 5.04. The van der Waals surface area contributed by atoms with E-state index in [0.717, 1.165) is 5.69 Å². The van der Waals surface area contributed by atoms with Gasteiger partial charge in [0.15, 0.2) is 0 Å². The van der Waals surface area contributed by atoms with E-state index in [4.69, 9.17) is 14.6 Å². The maximum absolute atomic E-state index is 12.0. The number of sulfonamides is 1. The van der Waals surface area contributed by atoms with E-state index in [1.54, 1.807) is 36.3 Å². The Morgan fingerprint density at radius 2 is 1.95 bits per heavy atom. The SMILES string of the molecule is COCCOc1ccc(N2CC(CS(N)(=O)=O)CC2=O)cc1. The highest BCUT2D eigenvalue weighted by atomic mass is 32.2. The molecule has 0 bridgehead atoms. The minimum absolute atomic E-state index is 0.0956. The molecule has 1 aromatic rings. The molecule has 1 atom stereocenters. The van der Waals surface area contributed by atoms with E-state index in [2.05, 4.69) is 0 Å². The summed E-state index contributed by atoms with van der Waals surface area (Å²) in [6.07, 6.45) is 0.197. The highest BCUT2D eigenvalue weighted by molar-refractivity contribution is 7.89. The molecule has 0 aromatic heterocycles. The van der Waals surface area contributed by atoms with Crippen LogP contribution in [0.1, 0.15) is 6.42 Å². The van der Waals surface area contributed by atoms with Crippen LogP contribution in [0.3, 0.4) is 0 Å². The monoisotopic (exact) mass is 328 g/mol. The van der Waals surface area contributed by atoms with Crippen LogP contribution >= 0.6 is 0 Å². The van der Waals surface area contributed by atoms with Crippen molar-refractivity contribution in [3.8, 4) is 5.75 Å². The number of anilines is 1. The number of methoxy groups -OCH3 is 1. The highest BCUT2D eigenvalue weighted by Crippen LogP contribution is 2.27. The van der Waals surface area contributed by atoms with Crippen molar-refractivity contribution >= 4 is 21.6 Å². The van der Waals surface area contributed by atoms with Gasteiger partial charge in [-0.3, -0.25) is 4.79 Å². The number of carbonyl (C=O) groups is 1. The van der Waals surface area contributed by atoms with E-state index in [1.807, 2.05) is 0 Å². The van der Waals surface area contributed by atoms with Crippen LogP contribution in [0.2, 0.25) is 0 Å². The van der Waals surface area contributed by atoms with Crippen molar-refractivity contribution in [1.82, 2.24) is 0 Å². The molecular weight excluding hydrogens is 308 g/mol.